The van der Waals surface area contributed by atoms with Gasteiger partial charge in [0.25, 0.3) is 0 Å². The minimum Gasteiger partial charge on any atom is -0.473 e. The molecule has 0 atom stereocenters. The molecule has 6 rings (SSSR count). The van der Waals surface area contributed by atoms with E-state index >= 15 is 8.78 Å². The van der Waals surface area contributed by atoms with Gasteiger partial charge in [-0.15, -0.1) is 10.2 Å². The molecule has 0 saturated carbocycles. The third kappa shape index (κ3) is 6.22. The minimum absolute atomic E-state index is 0.0207. The van der Waals surface area contributed by atoms with Gasteiger partial charge in [-0.2, -0.15) is 10.1 Å². The summed E-state index contributed by atoms with van der Waals surface area (Å²) in [7, 11) is 3.26. The lowest BCUT2D eigenvalue weighted by Crippen LogP contribution is -2.10. The third-order valence-electron chi connectivity index (χ3n) is 7.15. The number of nitriles is 1. The van der Waals surface area contributed by atoms with Gasteiger partial charge in [-0.3, -0.25) is 0 Å². The summed E-state index contributed by atoms with van der Waals surface area (Å²) in [5.41, 5.74) is 2.80. The lowest BCUT2D eigenvalue weighted by Gasteiger charge is -2.12. The molecule has 6 aromatic rings. The van der Waals surface area contributed by atoms with Crippen LogP contribution in [0.4, 0.5) is 13.2 Å². The largest absolute Gasteiger partial charge is 0.473 e. The Morgan fingerprint density at radius 3 is 2.51 bits per heavy atom. The summed E-state index contributed by atoms with van der Waals surface area (Å²) in [6, 6.07) is 18.3. The molecule has 0 spiro atoms. The van der Waals surface area contributed by atoms with Crippen molar-refractivity contribution in [2.24, 2.45) is 7.05 Å². The average Bonchev–Trinajstić information content (AvgIpc) is 3.63. The molecule has 0 radical (unpaired) electrons. The van der Waals surface area contributed by atoms with Crippen LogP contribution < -0.4 is 4.74 Å². The minimum atomic E-state index is -0.676. The number of hydrogen-bond donors (Lipinski definition) is 0. The van der Waals surface area contributed by atoms with Gasteiger partial charge in [0.05, 0.1) is 42.0 Å². The highest BCUT2D eigenvalue weighted by molar-refractivity contribution is 5.81. The second kappa shape index (κ2) is 12.6. The number of aryl methyl sites for hydroxylation is 1. The molecule has 0 aliphatic heterocycles. The number of halogens is 3. The topological polar surface area (TPSA) is 117 Å². The first-order valence-electron chi connectivity index (χ1n) is 13.8. The van der Waals surface area contributed by atoms with E-state index in [1.807, 2.05) is 28.8 Å². The molecule has 3 aromatic heterocycles. The molecule has 13 heteroatoms. The first-order valence-corrected chi connectivity index (χ1v) is 13.8. The van der Waals surface area contributed by atoms with Crippen molar-refractivity contribution in [3.05, 3.63) is 107 Å². The maximum atomic E-state index is 15.5. The van der Waals surface area contributed by atoms with E-state index < -0.39 is 17.5 Å². The first-order chi connectivity index (χ1) is 21.8. The van der Waals surface area contributed by atoms with Crippen molar-refractivity contribution in [3.8, 4) is 34.6 Å². The highest BCUT2D eigenvalue weighted by Crippen LogP contribution is 2.29. The number of rotatable bonds is 10. The lowest BCUT2D eigenvalue weighted by molar-refractivity contribution is 0.187. The van der Waals surface area contributed by atoms with Crippen molar-refractivity contribution < 1.29 is 22.6 Å². The molecule has 0 amide bonds. The summed E-state index contributed by atoms with van der Waals surface area (Å²) in [4.78, 5) is 10.4. The monoisotopic (exact) mass is 610 g/mol. The van der Waals surface area contributed by atoms with Crippen molar-refractivity contribution in [2.75, 3.05) is 13.7 Å². The molecule has 45 heavy (non-hydrogen) atoms. The average molecular weight is 611 g/mol. The molecule has 0 bridgehead atoms. The molecule has 0 N–H and O–H groups in total. The number of methoxy groups -OCH3 is 1. The Kier molecular flexibility index (Phi) is 8.22. The van der Waals surface area contributed by atoms with Gasteiger partial charge < -0.3 is 14.0 Å². The fraction of sp³-hybridized carbons (Fsp3) is 0.188. The van der Waals surface area contributed by atoms with E-state index in [0.29, 0.717) is 30.3 Å². The van der Waals surface area contributed by atoms with Gasteiger partial charge in [0.1, 0.15) is 29.9 Å². The number of fused-ring (bicyclic) bond motifs is 1. The zero-order valence-electron chi connectivity index (χ0n) is 24.2. The van der Waals surface area contributed by atoms with Crippen LogP contribution in [0.5, 0.6) is 5.88 Å². The summed E-state index contributed by atoms with van der Waals surface area (Å²) in [5.74, 6) is -0.816. The Morgan fingerprint density at radius 2 is 1.76 bits per heavy atom. The van der Waals surface area contributed by atoms with Gasteiger partial charge in [0, 0.05) is 42.8 Å². The van der Waals surface area contributed by atoms with Crippen LogP contribution in [-0.4, -0.2) is 48.5 Å². The van der Waals surface area contributed by atoms with E-state index in [9.17, 15) is 4.39 Å². The molecule has 3 aromatic carbocycles. The first kappa shape index (κ1) is 29.5. The zero-order chi connectivity index (χ0) is 31.5. The van der Waals surface area contributed by atoms with Crippen LogP contribution in [0.25, 0.3) is 33.7 Å². The van der Waals surface area contributed by atoms with Gasteiger partial charge in [-0.25, -0.2) is 23.1 Å². The molecule has 0 aliphatic carbocycles. The fourth-order valence-electron chi connectivity index (χ4n) is 4.90. The summed E-state index contributed by atoms with van der Waals surface area (Å²) >= 11 is 0. The van der Waals surface area contributed by atoms with E-state index in [1.165, 1.54) is 29.1 Å². The van der Waals surface area contributed by atoms with E-state index in [1.54, 1.807) is 20.2 Å². The quantitative estimate of drug-likeness (QED) is 0.203. The molecular formula is C32H25F3N8O2. The summed E-state index contributed by atoms with van der Waals surface area (Å²) in [6.07, 6.45) is 0.0207. The highest BCUT2D eigenvalue weighted by atomic mass is 19.1. The van der Waals surface area contributed by atoms with E-state index in [4.69, 9.17) is 19.7 Å². The van der Waals surface area contributed by atoms with Crippen LogP contribution in [0.3, 0.4) is 0 Å². The van der Waals surface area contributed by atoms with Crippen molar-refractivity contribution in [1.82, 2.24) is 34.7 Å². The second-order valence-corrected chi connectivity index (χ2v) is 10.1. The van der Waals surface area contributed by atoms with Gasteiger partial charge >= 0.3 is 0 Å². The van der Waals surface area contributed by atoms with E-state index in [2.05, 4.69) is 20.4 Å². The number of pyridine rings is 1. The smallest absolute Gasteiger partial charge is 0.214 e. The van der Waals surface area contributed by atoms with Crippen molar-refractivity contribution in [2.45, 2.75) is 19.6 Å². The van der Waals surface area contributed by atoms with Gasteiger partial charge in [0.15, 0.2) is 0 Å². The molecular weight excluding hydrogens is 585 g/mol. The number of benzene rings is 3. The van der Waals surface area contributed by atoms with Crippen molar-refractivity contribution in [1.29, 1.82) is 5.26 Å². The molecule has 0 saturated heterocycles. The number of imidazole rings is 1. The molecule has 0 unspecified atom stereocenters. The fourth-order valence-corrected chi connectivity index (χ4v) is 4.90. The summed E-state index contributed by atoms with van der Waals surface area (Å²) < 4.78 is 58.1. The molecule has 0 fully saturated rings. The molecule has 226 valence electrons. The Morgan fingerprint density at radius 1 is 0.911 bits per heavy atom. The number of aromatic nitrogens is 7. The highest BCUT2D eigenvalue weighted by Gasteiger charge is 2.19. The molecule has 0 aliphatic rings. The van der Waals surface area contributed by atoms with Gasteiger partial charge in [-0.1, -0.05) is 12.1 Å². The Labute approximate surface area is 255 Å². The zero-order valence-corrected chi connectivity index (χ0v) is 24.2. The number of nitrogens with zero attached hydrogens (tertiary/aromatic N) is 8. The second-order valence-electron chi connectivity index (χ2n) is 10.1. The lowest BCUT2D eigenvalue weighted by atomic mass is 10.0. The Bertz CT molecular complexity index is 2070. The normalized spacial score (nSPS) is 11.2. The van der Waals surface area contributed by atoms with E-state index in [-0.39, 0.29) is 46.9 Å². The van der Waals surface area contributed by atoms with E-state index in [0.717, 1.165) is 29.3 Å². The van der Waals surface area contributed by atoms with Crippen LogP contribution in [0, 0.1) is 28.8 Å². The van der Waals surface area contributed by atoms with Gasteiger partial charge in [0.2, 0.25) is 11.7 Å². The molecule has 3 heterocycles. The standard InChI is InChI=1S/C32H25F3N8O2/c1-42-40-32(39-41-42)20-8-9-28-29(14-20)43(10-11-44-2)30(37-28)15-22-13-26(35)23(16-25(22)34)27-4-3-5-31(38-27)45-18-21-7-6-19(17-36)12-24(21)33/h3-9,12-14,16H,10-11,15,18H2,1-2H3. The Balaban J connectivity index is 1.26. The van der Waals surface area contributed by atoms with Gasteiger partial charge in [-0.05, 0) is 59.3 Å². The van der Waals surface area contributed by atoms with Crippen LogP contribution in [-0.2, 0) is 31.4 Å². The van der Waals surface area contributed by atoms with Crippen LogP contribution in [0.15, 0.2) is 66.7 Å². The van der Waals surface area contributed by atoms with Crippen LogP contribution >= 0.6 is 0 Å². The number of ether oxygens (including phenoxy) is 2. The third-order valence-corrected chi connectivity index (χ3v) is 7.15. The SMILES string of the molecule is COCCn1c(Cc2cc(F)c(-c3cccc(OCc4ccc(C#N)cc4F)n3)cc2F)nc2ccc(-c3nnn(C)n3)cc21. The van der Waals surface area contributed by atoms with Crippen LogP contribution in [0.2, 0.25) is 0 Å². The summed E-state index contributed by atoms with van der Waals surface area (Å²) in [5, 5.41) is 21.1. The summed E-state index contributed by atoms with van der Waals surface area (Å²) in [6.45, 7) is 0.652. The van der Waals surface area contributed by atoms with Crippen LogP contribution in [0.1, 0.15) is 22.5 Å². The maximum absolute atomic E-state index is 15.5. The van der Waals surface area contributed by atoms with Crippen molar-refractivity contribution in [3.63, 3.8) is 0 Å². The number of tetrazole rings is 1. The predicted octanol–water partition coefficient (Wildman–Crippen LogP) is 5.39. The van der Waals surface area contributed by atoms with Crippen molar-refractivity contribution >= 4 is 11.0 Å². The Hall–Kier alpha value is -5.61. The maximum Gasteiger partial charge on any atom is 0.214 e. The molecule has 10 nitrogen and oxygen atoms in total. The number of hydrogen-bond acceptors (Lipinski definition) is 8. The predicted molar refractivity (Wildman–Crippen MR) is 157 cm³/mol.